The number of carbonyl (C=O) groups is 1. The first kappa shape index (κ1) is 14.6. The van der Waals surface area contributed by atoms with Crippen LogP contribution in [0.5, 0.6) is 0 Å². The second kappa shape index (κ2) is 5.92. The van der Waals surface area contributed by atoms with Crippen molar-refractivity contribution >= 4 is 23.1 Å². The Hall–Kier alpha value is -1.95. The van der Waals surface area contributed by atoms with Crippen LogP contribution in [0.25, 0.3) is 0 Å². The Morgan fingerprint density at radius 3 is 3.04 bits per heavy atom. The molecule has 2 aliphatic heterocycles. The van der Waals surface area contributed by atoms with Crippen molar-refractivity contribution < 1.29 is 4.79 Å². The summed E-state index contributed by atoms with van der Waals surface area (Å²) in [6.45, 7) is 1.77. The molecule has 120 valence electrons. The maximum atomic E-state index is 13.0. The lowest BCUT2D eigenvalue weighted by molar-refractivity contribution is 0.0605. The van der Waals surface area contributed by atoms with Crippen LogP contribution < -0.4 is 4.90 Å². The van der Waals surface area contributed by atoms with Crippen LogP contribution in [0.3, 0.4) is 0 Å². The molecular weight excluding hydrogens is 308 g/mol. The lowest BCUT2D eigenvalue weighted by Gasteiger charge is -2.34. The molecule has 2 aliphatic rings. The molecular formula is C17H20N4OS. The minimum absolute atomic E-state index is 0.0352. The average molecular weight is 328 g/mol. The molecule has 0 aromatic carbocycles. The molecule has 1 saturated heterocycles. The van der Waals surface area contributed by atoms with Gasteiger partial charge in [0.15, 0.2) is 0 Å². The van der Waals surface area contributed by atoms with Crippen LogP contribution in [0.2, 0.25) is 0 Å². The van der Waals surface area contributed by atoms with Gasteiger partial charge in [-0.25, -0.2) is 9.97 Å². The van der Waals surface area contributed by atoms with Crippen LogP contribution in [0.4, 0.5) is 5.82 Å². The first-order valence-electron chi connectivity index (χ1n) is 8.15. The fourth-order valence-electron chi connectivity index (χ4n) is 3.49. The number of amides is 1. The summed E-state index contributed by atoms with van der Waals surface area (Å²) in [5, 5.41) is 3.02. The van der Waals surface area contributed by atoms with Gasteiger partial charge in [-0.05, 0) is 37.3 Å². The third kappa shape index (κ3) is 2.61. The minimum atomic E-state index is 0.0352. The number of pyridine rings is 1. The molecule has 5 nitrogen and oxygen atoms in total. The highest BCUT2D eigenvalue weighted by Crippen LogP contribution is 2.33. The fraction of sp³-hybridized carbons (Fsp3) is 0.471. The van der Waals surface area contributed by atoms with Gasteiger partial charge in [0, 0.05) is 31.7 Å². The molecule has 4 heterocycles. The van der Waals surface area contributed by atoms with Gasteiger partial charge in [0.25, 0.3) is 5.91 Å². The summed E-state index contributed by atoms with van der Waals surface area (Å²) in [4.78, 5) is 26.2. The number of hydrogen-bond acceptors (Lipinski definition) is 5. The number of carbonyl (C=O) groups excluding carboxylic acids is 1. The van der Waals surface area contributed by atoms with E-state index in [4.69, 9.17) is 0 Å². The number of rotatable bonds is 2. The van der Waals surface area contributed by atoms with Gasteiger partial charge < -0.3 is 9.80 Å². The second-order valence-electron chi connectivity index (χ2n) is 6.23. The smallest absolute Gasteiger partial charge is 0.273 e. The summed E-state index contributed by atoms with van der Waals surface area (Å²) >= 11 is 1.63. The van der Waals surface area contributed by atoms with E-state index in [2.05, 4.69) is 20.9 Å². The van der Waals surface area contributed by atoms with Crippen molar-refractivity contribution in [2.24, 2.45) is 0 Å². The largest absolute Gasteiger partial charge is 0.359 e. The highest BCUT2D eigenvalue weighted by Gasteiger charge is 2.31. The summed E-state index contributed by atoms with van der Waals surface area (Å²) in [6.07, 6.45) is 6.02. The number of thiazole rings is 1. The van der Waals surface area contributed by atoms with Gasteiger partial charge in [-0.1, -0.05) is 6.07 Å². The maximum Gasteiger partial charge on any atom is 0.273 e. The predicted molar refractivity (Wildman–Crippen MR) is 91.0 cm³/mol. The second-order valence-corrected chi connectivity index (χ2v) is 7.16. The molecule has 0 aliphatic carbocycles. The minimum Gasteiger partial charge on any atom is -0.359 e. The van der Waals surface area contributed by atoms with E-state index in [9.17, 15) is 4.79 Å². The SMILES string of the molecule is CN1CCc2ccc(C(=O)N3CCCCC3c3nccs3)nc21. The fourth-order valence-corrected chi connectivity index (χ4v) is 4.28. The summed E-state index contributed by atoms with van der Waals surface area (Å²) in [5.74, 6) is 0.992. The van der Waals surface area contributed by atoms with Crippen LogP contribution in [-0.2, 0) is 6.42 Å². The van der Waals surface area contributed by atoms with Crippen LogP contribution in [0.1, 0.15) is 46.4 Å². The number of likely N-dealkylation sites (tertiary alicyclic amines) is 1. The number of fused-ring (bicyclic) bond motifs is 1. The van der Waals surface area contributed by atoms with Gasteiger partial charge in [0.2, 0.25) is 0 Å². The Morgan fingerprint density at radius 2 is 2.22 bits per heavy atom. The molecule has 4 rings (SSSR count). The number of hydrogen-bond donors (Lipinski definition) is 0. The van der Waals surface area contributed by atoms with Crippen LogP contribution in [0, 0.1) is 0 Å². The van der Waals surface area contributed by atoms with Gasteiger partial charge in [-0.2, -0.15) is 0 Å². The molecule has 6 heteroatoms. The van der Waals surface area contributed by atoms with E-state index in [-0.39, 0.29) is 11.9 Å². The highest BCUT2D eigenvalue weighted by atomic mass is 32.1. The molecule has 0 N–H and O–H groups in total. The lowest BCUT2D eigenvalue weighted by atomic mass is 10.0. The predicted octanol–water partition coefficient (Wildman–Crippen LogP) is 2.90. The van der Waals surface area contributed by atoms with E-state index in [1.165, 1.54) is 5.56 Å². The standard InChI is InChI=1S/C17H20N4OS/c1-20-10-7-12-5-6-13(19-15(12)20)17(22)21-9-3-2-4-14(21)16-18-8-11-23-16/h5-6,8,11,14H,2-4,7,9-10H2,1H3. The Balaban J connectivity index is 1.63. The molecule has 2 aromatic heterocycles. The molecule has 2 aromatic rings. The molecule has 0 radical (unpaired) electrons. The van der Waals surface area contributed by atoms with Crippen molar-refractivity contribution in [1.29, 1.82) is 0 Å². The van der Waals surface area contributed by atoms with E-state index in [0.29, 0.717) is 5.69 Å². The van der Waals surface area contributed by atoms with Crippen LogP contribution >= 0.6 is 11.3 Å². The Bertz CT molecular complexity index is 715. The highest BCUT2D eigenvalue weighted by molar-refractivity contribution is 7.09. The number of nitrogens with zero attached hydrogens (tertiary/aromatic N) is 4. The zero-order valence-corrected chi connectivity index (χ0v) is 14.1. The molecule has 23 heavy (non-hydrogen) atoms. The van der Waals surface area contributed by atoms with Crippen LogP contribution in [-0.4, -0.2) is 40.9 Å². The van der Waals surface area contributed by atoms with Crippen LogP contribution in [0.15, 0.2) is 23.7 Å². The first-order valence-corrected chi connectivity index (χ1v) is 9.03. The van der Waals surface area contributed by atoms with Crippen molar-refractivity contribution in [2.45, 2.75) is 31.7 Å². The van der Waals surface area contributed by atoms with E-state index < -0.39 is 0 Å². The average Bonchev–Trinajstić information content (AvgIpc) is 3.24. The molecule has 0 saturated carbocycles. The quantitative estimate of drug-likeness (QED) is 0.850. The van der Waals surface area contributed by atoms with Gasteiger partial charge >= 0.3 is 0 Å². The third-order valence-electron chi connectivity index (χ3n) is 4.75. The summed E-state index contributed by atoms with van der Waals surface area (Å²) in [6, 6.07) is 4.04. The summed E-state index contributed by atoms with van der Waals surface area (Å²) < 4.78 is 0. The zero-order valence-electron chi connectivity index (χ0n) is 13.2. The third-order valence-corrected chi connectivity index (χ3v) is 5.63. The monoisotopic (exact) mass is 328 g/mol. The van der Waals surface area contributed by atoms with E-state index in [1.54, 1.807) is 11.3 Å². The Labute approximate surface area is 140 Å². The van der Waals surface area contributed by atoms with E-state index >= 15 is 0 Å². The Morgan fingerprint density at radius 1 is 1.30 bits per heavy atom. The van der Waals surface area contributed by atoms with Gasteiger partial charge in [-0.3, -0.25) is 4.79 Å². The lowest BCUT2D eigenvalue weighted by Crippen LogP contribution is -2.39. The number of anilines is 1. The van der Waals surface area contributed by atoms with Crippen molar-refractivity contribution in [3.05, 3.63) is 40.0 Å². The number of piperidine rings is 1. The van der Waals surface area contributed by atoms with Crippen molar-refractivity contribution in [1.82, 2.24) is 14.9 Å². The zero-order chi connectivity index (χ0) is 15.8. The number of likely N-dealkylation sites (N-methyl/N-ethyl adjacent to an activating group) is 1. The Kier molecular flexibility index (Phi) is 3.77. The normalized spacial score (nSPS) is 20.7. The summed E-state index contributed by atoms with van der Waals surface area (Å²) in [7, 11) is 2.03. The van der Waals surface area contributed by atoms with Gasteiger partial charge in [-0.15, -0.1) is 11.3 Å². The van der Waals surface area contributed by atoms with Gasteiger partial charge in [0.1, 0.15) is 16.5 Å². The molecule has 0 bridgehead atoms. The molecule has 1 atom stereocenters. The summed E-state index contributed by atoms with van der Waals surface area (Å²) in [5.41, 5.74) is 1.79. The molecule has 1 amide bonds. The maximum absolute atomic E-state index is 13.0. The molecule has 1 fully saturated rings. The van der Waals surface area contributed by atoms with Crippen molar-refractivity contribution in [3.8, 4) is 0 Å². The number of aromatic nitrogens is 2. The van der Waals surface area contributed by atoms with Crippen molar-refractivity contribution in [3.63, 3.8) is 0 Å². The van der Waals surface area contributed by atoms with E-state index in [1.807, 2.05) is 29.6 Å². The molecule has 0 spiro atoms. The topological polar surface area (TPSA) is 49.3 Å². The molecule has 1 unspecified atom stereocenters. The van der Waals surface area contributed by atoms with Gasteiger partial charge in [0.05, 0.1) is 6.04 Å². The first-order chi connectivity index (χ1) is 11.2. The van der Waals surface area contributed by atoms with Crippen molar-refractivity contribution in [2.75, 3.05) is 25.0 Å². The van der Waals surface area contributed by atoms with E-state index in [0.717, 1.165) is 49.6 Å².